The minimum atomic E-state index is 0.515. The van der Waals surface area contributed by atoms with Crippen molar-refractivity contribution >= 4 is 11.8 Å². The van der Waals surface area contributed by atoms with Crippen LogP contribution in [0.4, 0.5) is 0 Å². The van der Waals surface area contributed by atoms with Crippen LogP contribution in [-0.2, 0) is 11.3 Å². The van der Waals surface area contributed by atoms with Gasteiger partial charge in [0.15, 0.2) is 0 Å². The molecular weight excluding hydrogens is 310 g/mol. The smallest absolute Gasteiger partial charge is 0.147 e. The Balaban J connectivity index is 1.61. The monoisotopic (exact) mass is 329 g/mol. The Morgan fingerprint density at radius 1 is 1.04 bits per heavy atom. The number of rotatable bonds is 5. The van der Waals surface area contributed by atoms with E-state index < -0.39 is 0 Å². The molecule has 0 spiro atoms. The highest BCUT2D eigenvalue weighted by Crippen LogP contribution is 2.26. The first-order valence-electron chi connectivity index (χ1n) is 8.26. The summed E-state index contributed by atoms with van der Waals surface area (Å²) in [6.07, 6.45) is 5.89. The number of aromatic amines is 2. The summed E-state index contributed by atoms with van der Waals surface area (Å²) in [4.78, 5) is 11.2. The Kier molecular flexibility index (Phi) is 4.09. The van der Waals surface area contributed by atoms with Crippen LogP contribution in [0.25, 0.3) is 6.08 Å². The fourth-order valence-electron chi connectivity index (χ4n) is 2.75. The Bertz CT molecular complexity index is 944. The lowest BCUT2D eigenvalue weighted by molar-refractivity contribution is 0.208. The number of benzene rings is 1. The van der Waals surface area contributed by atoms with E-state index in [9.17, 15) is 0 Å². The second-order valence-corrected chi connectivity index (χ2v) is 5.99. The van der Waals surface area contributed by atoms with Gasteiger partial charge in [0, 0.05) is 23.7 Å². The lowest BCUT2D eigenvalue weighted by Gasteiger charge is -2.07. The quantitative estimate of drug-likeness (QED) is 0.706. The van der Waals surface area contributed by atoms with E-state index >= 15 is 0 Å². The molecule has 0 amide bonds. The summed E-state index contributed by atoms with van der Waals surface area (Å²) in [6.45, 7) is 2.55. The van der Waals surface area contributed by atoms with Crippen LogP contribution in [0.5, 0.6) is 0 Å². The number of hydrogen-bond acceptors (Lipinski definition) is 2. The predicted octanol–water partition coefficient (Wildman–Crippen LogP) is 4.60. The zero-order chi connectivity index (χ0) is 17.1. The lowest BCUT2D eigenvalue weighted by Crippen LogP contribution is -1.95. The first-order valence-corrected chi connectivity index (χ1v) is 8.26. The minimum Gasteiger partial charge on any atom is -0.487 e. The standard InChI is InChI=1S/C21H19N3O/c1-15-9-10-17(23-15)12-20-21(25-14-16-6-3-2-4-7-16)13-19(24-20)18-8-5-11-22-18/h2-13,22-23H,14H2,1H3. The molecule has 0 fully saturated rings. The zero-order valence-electron chi connectivity index (χ0n) is 14.0. The summed E-state index contributed by atoms with van der Waals surface area (Å²) in [5.41, 5.74) is 5.94. The van der Waals surface area contributed by atoms with Gasteiger partial charge in [0.25, 0.3) is 0 Å². The van der Waals surface area contributed by atoms with E-state index in [1.807, 2.05) is 67.7 Å². The normalized spacial score (nSPS) is 15.3. The van der Waals surface area contributed by atoms with Gasteiger partial charge in [-0.05, 0) is 42.8 Å². The number of nitrogens with zero attached hydrogens (tertiary/aromatic N) is 1. The van der Waals surface area contributed by atoms with Crippen LogP contribution in [0.3, 0.4) is 0 Å². The minimum absolute atomic E-state index is 0.515. The average molecular weight is 329 g/mol. The Morgan fingerprint density at radius 2 is 1.92 bits per heavy atom. The van der Waals surface area contributed by atoms with Crippen molar-refractivity contribution in [1.29, 1.82) is 0 Å². The van der Waals surface area contributed by atoms with Crippen LogP contribution in [0, 0.1) is 6.92 Å². The van der Waals surface area contributed by atoms with Crippen LogP contribution in [-0.4, -0.2) is 15.7 Å². The van der Waals surface area contributed by atoms with Crippen molar-refractivity contribution in [2.75, 3.05) is 0 Å². The summed E-state index contributed by atoms with van der Waals surface area (Å²) < 4.78 is 6.06. The number of aryl methyl sites for hydroxylation is 1. The maximum atomic E-state index is 6.06. The summed E-state index contributed by atoms with van der Waals surface area (Å²) in [7, 11) is 0. The molecule has 4 nitrogen and oxygen atoms in total. The van der Waals surface area contributed by atoms with Crippen molar-refractivity contribution in [3.63, 3.8) is 0 Å². The zero-order valence-corrected chi connectivity index (χ0v) is 14.0. The third kappa shape index (κ3) is 3.48. The van der Waals surface area contributed by atoms with E-state index in [4.69, 9.17) is 9.73 Å². The van der Waals surface area contributed by atoms with Crippen LogP contribution in [0.2, 0.25) is 0 Å². The summed E-state index contributed by atoms with van der Waals surface area (Å²) in [5, 5.41) is 0. The first kappa shape index (κ1) is 15.3. The van der Waals surface area contributed by atoms with Gasteiger partial charge in [-0.2, -0.15) is 0 Å². The third-order valence-electron chi connectivity index (χ3n) is 4.02. The molecule has 124 valence electrons. The predicted molar refractivity (Wildman–Crippen MR) is 100 cm³/mol. The number of aromatic nitrogens is 2. The molecular formula is C21H19N3O. The van der Waals surface area contributed by atoms with E-state index in [1.165, 1.54) is 0 Å². The lowest BCUT2D eigenvalue weighted by atomic mass is 10.2. The van der Waals surface area contributed by atoms with Crippen molar-refractivity contribution in [2.45, 2.75) is 13.5 Å². The highest BCUT2D eigenvalue weighted by molar-refractivity contribution is 6.11. The fourth-order valence-corrected chi connectivity index (χ4v) is 2.75. The fraction of sp³-hybridized carbons (Fsp3) is 0.0952. The second-order valence-electron chi connectivity index (χ2n) is 5.99. The molecule has 0 saturated carbocycles. The van der Waals surface area contributed by atoms with Crippen molar-refractivity contribution in [3.05, 3.63) is 101 Å². The van der Waals surface area contributed by atoms with E-state index in [0.29, 0.717) is 6.61 Å². The van der Waals surface area contributed by atoms with Gasteiger partial charge in [-0.1, -0.05) is 30.3 Å². The van der Waals surface area contributed by atoms with Gasteiger partial charge in [-0.15, -0.1) is 0 Å². The molecule has 2 N–H and O–H groups in total. The summed E-state index contributed by atoms with van der Waals surface area (Å²) in [6, 6.07) is 18.2. The SMILES string of the molecule is Cc1ccc(C=C2N=C(c3ccc[nH]3)C=C2OCc2ccccc2)[nH]1. The highest BCUT2D eigenvalue weighted by atomic mass is 16.5. The number of ether oxygens (including phenoxy) is 1. The van der Waals surface area contributed by atoms with Gasteiger partial charge < -0.3 is 14.7 Å². The van der Waals surface area contributed by atoms with E-state index in [1.54, 1.807) is 0 Å². The van der Waals surface area contributed by atoms with Gasteiger partial charge in [-0.25, -0.2) is 4.99 Å². The van der Waals surface area contributed by atoms with Crippen LogP contribution < -0.4 is 0 Å². The molecule has 0 saturated heterocycles. The second kappa shape index (κ2) is 6.69. The topological polar surface area (TPSA) is 53.2 Å². The Hall–Kier alpha value is -3.27. The van der Waals surface area contributed by atoms with Crippen LogP contribution in [0.15, 0.2) is 83.3 Å². The molecule has 0 bridgehead atoms. The van der Waals surface area contributed by atoms with Gasteiger partial charge in [0.2, 0.25) is 0 Å². The van der Waals surface area contributed by atoms with Gasteiger partial charge >= 0.3 is 0 Å². The molecule has 1 aliphatic heterocycles. The van der Waals surface area contributed by atoms with Crippen molar-refractivity contribution in [2.24, 2.45) is 4.99 Å². The maximum Gasteiger partial charge on any atom is 0.147 e. The molecule has 0 atom stereocenters. The number of aliphatic imine (C=N–C) groups is 1. The molecule has 1 aromatic carbocycles. The summed E-state index contributed by atoms with van der Waals surface area (Å²) in [5.74, 6) is 0.778. The maximum absolute atomic E-state index is 6.06. The van der Waals surface area contributed by atoms with Gasteiger partial charge in [0.1, 0.15) is 18.1 Å². The van der Waals surface area contributed by atoms with Crippen LogP contribution >= 0.6 is 0 Å². The van der Waals surface area contributed by atoms with E-state index in [-0.39, 0.29) is 0 Å². The molecule has 25 heavy (non-hydrogen) atoms. The van der Waals surface area contributed by atoms with Gasteiger partial charge in [-0.3, -0.25) is 0 Å². The molecule has 2 aromatic heterocycles. The number of nitrogens with one attached hydrogen (secondary N) is 2. The molecule has 4 rings (SSSR count). The first-order chi connectivity index (χ1) is 12.3. The third-order valence-corrected chi connectivity index (χ3v) is 4.02. The van der Waals surface area contributed by atoms with Gasteiger partial charge in [0.05, 0.1) is 11.4 Å². The van der Waals surface area contributed by atoms with Crippen molar-refractivity contribution < 1.29 is 4.74 Å². The molecule has 0 unspecified atom stereocenters. The van der Waals surface area contributed by atoms with Crippen molar-refractivity contribution in [1.82, 2.24) is 9.97 Å². The Labute approximate surface area is 146 Å². The molecule has 3 heterocycles. The summed E-state index contributed by atoms with van der Waals surface area (Å²) >= 11 is 0. The number of hydrogen-bond donors (Lipinski definition) is 2. The largest absolute Gasteiger partial charge is 0.487 e. The number of H-pyrrole nitrogens is 2. The van der Waals surface area contributed by atoms with E-state index in [0.717, 1.165) is 39.8 Å². The molecule has 0 radical (unpaired) electrons. The molecule has 3 aromatic rings. The molecule has 4 heteroatoms. The molecule has 0 aliphatic carbocycles. The molecule has 1 aliphatic rings. The number of allylic oxidation sites excluding steroid dienone is 1. The van der Waals surface area contributed by atoms with E-state index in [2.05, 4.69) is 22.1 Å². The van der Waals surface area contributed by atoms with Crippen molar-refractivity contribution in [3.8, 4) is 0 Å². The Morgan fingerprint density at radius 3 is 2.64 bits per heavy atom. The highest BCUT2D eigenvalue weighted by Gasteiger charge is 2.18. The van der Waals surface area contributed by atoms with Crippen LogP contribution in [0.1, 0.15) is 22.6 Å². The average Bonchev–Trinajstić information content (AvgIpc) is 3.36.